The predicted octanol–water partition coefficient (Wildman–Crippen LogP) is 5.07. The third kappa shape index (κ3) is 22.2. The van der Waals surface area contributed by atoms with Gasteiger partial charge in [-0.1, -0.05) is 129 Å². The zero-order valence-electron chi connectivity index (χ0n) is 51.3. The summed E-state index contributed by atoms with van der Waals surface area (Å²) < 4.78 is 34.8. The number of unbranched alkanes of at least 4 members (excludes halogenated alkanes) is 2. The van der Waals surface area contributed by atoms with Gasteiger partial charge in [0.05, 0.1) is 17.8 Å². The SMILES string of the molecule is C/C(=C\[C@H](C(C)C)N(C)C(=O)[C@@H](NC(=O)[C@@H](N(C)C(=O)OC(C)(C)C)C(C)(C)c1ccccc1)C(C)(C)C)C(=O)NS(=O)(=O)Cc1ccc(CNC(=O)[C@H](CCCNC(N)=O)NC(=O)[C@@H](NCCCCCN2C(=O)C=CC2=O)C(C)C)cc1. The number of likely N-dealkylation sites (N-methyl/N-ethyl adjacent to an activating group) is 2. The van der Waals surface area contributed by atoms with Gasteiger partial charge in [0.2, 0.25) is 33.7 Å². The fourth-order valence-corrected chi connectivity index (χ4v) is 10.6. The average Bonchev–Trinajstić information content (AvgIpc) is 3.95. The van der Waals surface area contributed by atoms with Crippen LogP contribution in [0.5, 0.6) is 0 Å². The molecule has 0 fully saturated rings. The van der Waals surface area contributed by atoms with Crippen LogP contribution in [0.1, 0.15) is 139 Å². The Balaban J connectivity index is 1.70. The minimum Gasteiger partial charge on any atom is -0.444 e. The van der Waals surface area contributed by atoms with Crippen molar-refractivity contribution < 1.29 is 56.3 Å². The lowest BCUT2D eigenvalue weighted by molar-refractivity contribution is -0.142. The van der Waals surface area contributed by atoms with Crippen LogP contribution < -0.4 is 37.0 Å². The maximum Gasteiger partial charge on any atom is 0.410 e. The van der Waals surface area contributed by atoms with E-state index in [-0.39, 0.29) is 48.7 Å². The number of nitrogens with zero attached hydrogens (tertiary/aromatic N) is 3. The standard InChI is InChI=1S/C60H92N10O12S/c1-38(2)45(68(14)55(77)49(58(6,7)8)66-54(76)50(69(15)57(79)82-59(9,10)11)60(12,13)43-23-18-16-19-24-43)35-40(5)51(73)67-83(80,81)37-42-28-26-41(27-29-42)36-64-52(74)44(25-22-33-63-56(61)78)65-53(75)48(39(3)4)62-32-20-17-21-34-70-46(71)30-31-47(70)72/h16,18-19,23-24,26-31,35,38-39,44-45,48-50,62H,17,20-22,25,32-34,36-37H2,1-15H3,(H,64,74)(H,65,75)(H,66,76)(H,67,73)(H3,61,63,78)/b40-35+/t44-,45+,48-,49+,50+/m0/s1. The van der Waals surface area contributed by atoms with Crippen LogP contribution in [0.3, 0.4) is 0 Å². The van der Waals surface area contributed by atoms with Crippen molar-refractivity contribution in [2.24, 2.45) is 23.0 Å². The number of urea groups is 1. The van der Waals surface area contributed by atoms with Gasteiger partial charge in [-0.05, 0) is 93.9 Å². The third-order valence-corrected chi connectivity index (χ3v) is 15.4. The Labute approximate surface area is 491 Å². The highest BCUT2D eigenvalue weighted by molar-refractivity contribution is 7.89. The molecule has 1 heterocycles. The van der Waals surface area contributed by atoms with E-state index in [2.05, 4.69) is 31.3 Å². The number of nitrogens with two attached hydrogens (primary N) is 1. The van der Waals surface area contributed by atoms with Crippen LogP contribution in [-0.4, -0.2) is 146 Å². The summed E-state index contributed by atoms with van der Waals surface area (Å²) in [5, 5.41) is 14.4. The number of hydrogen-bond acceptors (Lipinski definition) is 13. The number of imide groups is 1. The number of hydrogen-bond donors (Lipinski definition) is 7. The highest BCUT2D eigenvalue weighted by Crippen LogP contribution is 2.33. The van der Waals surface area contributed by atoms with Gasteiger partial charge in [-0.3, -0.25) is 43.4 Å². The molecular formula is C60H92N10O12S. The molecule has 83 heavy (non-hydrogen) atoms. The van der Waals surface area contributed by atoms with Crippen LogP contribution in [-0.2, 0) is 66.0 Å². The molecule has 0 radical (unpaired) electrons. The summed E-state index contributed by atoms with van der Waals surface area (Å²) >= 11 is 0. The maximum absolute atomic E-state index is 14.7. The third-order valence-electron chi connectivity index (χ3n) is 14.1. The van der Waals surface area contributed by atoms with Crippen molar-refractivity contribution in [1.29, 1.82) is 0 Å². The minimum atomic E-state index is -4.27. The summed E-state index contributed by atoms with van der Waals surface area (Å²) in [7, 11) is -1.24. The lowest BCUT2D eigenvalue weighted by atomic mass is 9.76. The second-order valence-electron chi connectivity index (χ2n) is 24.5. The van der Waals surface area contributed by atoms with Gasteiger partial charge < -0.3 is 42.0 Å². The van der Waals surface area contributed by atoms with E-state index in [0.717, 1.165) is 5.56 Å². The number of amides is 10. The molecule has 1 aliphatic heterocycles. The summed E-state index contributed by atoms with van der Waals surface area (Å²) in [6.07, 6.45) is 5.73. The highest BCUT2D eigenvalue weighted by atomic mass is 32.2. The Hall–Kier alpha value is -7.14. The molecule has 460 valence electrons. The Kier molecular flexibility index (Phi) is 26.2. The summed E-state index contributed by atoms with van der Waals surface area (Å²) in [5.74, 6) is -4.57. The van der Waals surface area contributed by atoms with Crippen LogP contribution in [0.4, 0.5) is 9.59 Å². The zero-order valence-corrected chi connectivity index (χ0v) is 52.1. The molecule has 10 amide bonds. The first kappa shape index (κ1) is 70.1. The normalized spacial score (nSPS) is 15.0. The lowest BCUT2D eigenvalue weighted by Crippen LogP contribution is -2.63. The fraction of sp³-hybridized carbons (Fsp3) is 0.583. The molecule has 0 spiro atoms. The van der Waals surface area contributed by atoms with Gasteiger partial charge in [0.1, 0.15) is 23.7 Å². The molecule has 0 saturated heterocycles. The van der Waals surface area contributed by atoms with E-state index in [1.54, 1.807) is 72.9 Å². The Morgan fingerprint density at radius 1 is 0.711 bits per heavy atom. The second kappa shape index (κ2) is 31.0. The summed E-state index contributed by atoms with van der Waals surface area (Å²) in [6.45, 7) is 24.1. The highest BCUT2D eigenvalue weighted by Gasteiger charge is 2.46. The monoisotopic (exact) mass is 1180 g/mol. The zero-order chi connectivity index (χ0) is 62.8. The van der Waals surface area contributed by atoms with Crippen molar-refractivity contribution in [3.63, 3.8) is 0 Å². The summed E-state index contributed by atoms with van der Waals surface area (Å²) in [6, 6.07) is 10.2. The van der Waals surface area contributed by atoms with Gasteiger partial charge in [-0.25, -0.2) is 22.7 Å². The first-order valence-electron chi connectivity index (χ1n) is 28.2. The van der Waals surface area contributed by atoms with E-state index in [4.69, 9.17) is 10.5 Å². The number of rotatable bonds is 30. The Morgan fingerprint density at radius 3 is 1.84 bits per heavy atom. The second-order valence-corrected chi connectivity index (χ2v) is 26.3. The molecule has 22 nitrogen and oxygen atoms in total. The first-order valence-corrected chi connectivity index (χ1v) is 29.9. The van der Waals surface area contributed by atoms with E-state index >= 15 is 0 Å². The maximum atomic E-state index is 14.7. The van der Waals surface area contributed by atoms with Gasteiger partial charge in [0.15, 0.2) is 0 Å². The molecular weight excluding hydrogens is 1080 g/mol. The quantitative estimate of drug-likeness (QED) is 0.0306. The molecule has 0 aromatic heterocycles. The van der Waals surface area contributed by atoms with Crippen LogP contribution >= 0.6 is 0 Å². The van der Waals surface area contributed by atoms with E-state index in [1.807, 2.05) is 71.9 Å². The van der Waals surface area contributed by atoms with E-state index in [1.165, 1.54) is 46.9 Å². The van der Waals surface area contributed by atoms with Gasteiger partial charge in [0.25, 0.3) is 17.7 Å². The van der Waals surface area contributed by atoms with Crippen molar-refractivity contribution in [3.05, 3.63) is 95.1 Å². The van der Waals surface area contributed by atoms with Crippen molar-refractivity contribution in [1.82, 2.24) is 46.0 Å². The van der Waals surface area contributed by atoms with Crippen LogP contribution in [0.15, 0.2) is 78.4 Å². The van der Waals surface area contributed by atoms with E-state index in [0.29, 0.717) is 49.9 Å². The van der Waals surface area contributed by atoms with Crippen LogP contribution in [0, 0.1) is 17.3 Å². The van der Waals surface area contributed by atoms with Crippen LogP contribution in [0.25, 0.3) is 0 Å². The van der Waals surface area contributed by atoms with Gasteiger partial charge in [0, 0.05) is 56.9 Å². The average molecular weight is 1180 g/mol. The molecule has 8 N–H and O–H groups in total. The minimum absolute atomic E-state index is 0.0181. The van der Waals surface area contributed by atoms with Gasteiger partial charge in [-0.15, -0.1) is 0 Å². The molecule has 0 unspecified atom stereocenters. The van der Waals surface area contributed by atoms with E-state index < -0.39 is 104 Å². The van der Waals surface area contributed by atoms with Crippen LogP contribution in [0.2, 0.25) is 0 Å². The summed E-state index contributed by atoms with van der Waals surface area (Å²) in [4.78, 5) is 123. The topological polar surface area (TPSA) is 305 Å². The molecule has 1 aliphatic rings. The molecule has 2 aromatic carbocycles. The number of benzene rings is 2. The molecule has 2 aromatic rings. The number of nitrogens with one attached hydrogen (secondary N) is 6. The van der Waals surface area contributed by atoms with Crippen molar-refractivity contribution in [2.75, 3.05) is 33.7 Å². The number of sulfonamides is 1. The number of primary amides is 1. The molecule has 0 aliphatic carbocycles. The number of carbonyl (C=O) groups is 9. The van der Waals surface area contributed by atoms with E-state index in [9.17, 15) is 51.6 Å². The van der Waals surface area contributed by atoms with Crippen molar-refractivity contribution in [3.8, 4) is 0 Å². The molecule has 0 saturated carbocycles. The fourth-order valence-electron chi connectivity index (χ4n) is 9.46. The van der Waals surface area contributed by atoms with Crippen molar-refractivity contribution >= 4 is 63.5 Å². The lowest BCUT2D eigenvalue weighted by Gasteiger charge is -2.42. The molecule has 23 heteroatoms. The first-order chi connectivity index (χ1) is 38.5. The van der Waals surface area contributed by atoms with Gasteiger partial charge >= 0.3 is 12.1 Å². The van der Waals surface area contributed by atoms with Gasteiger partial charge in [-0.2, -0.15) is 0 Å². The van der Waals surface area contributed by atoms with Crippen molar-refractivity contribution in [2.45, 2.75) is 176 Å². The smallest absolute Gasteiger partial charge is 0.410 e. The molecule has 3 rings (SSSR count). The number of carbonyl (C=O) groups excluding carboxylic acids is 9. The molecule has 0 bridgehead atoms. The molecule has 5 atom stereocenters. The number of ether oxygens (including phenoxy) is 1. The Bertz CT molecular complexity index is 2750. The largest absolute Gasteiger partial charge is 0.444 e. The Morgan fingerprint density at radius 2 is 1.30 bits per heavy atom. The predicted molar refractivity (Wildman–Crippen MR) is 318 cm³/mol. The summed E-state index contributed by atoms with van der Waals surface area (Å²) in [5.41, 5.74) is 4.26.